The Hall–Kier alpha value is -1.58. The van der Waals surface area contributed by atoms with E-state index in [1.54, 1.807) is 12.3 Å². The lowest BCUT2D eigenvalue weighted by Gasteiger charge is -2.27. The fraction of sp³-hybridized carbons (Fsp3) is 0.571. The maximum atomic E-state index is 12.4. The number of carbonyl (C=O) groups is 1. The van der Waals surface area contributed by atoms with E-state index in [-0.39, 0.29) is 11.9 Å². The molecule has 4 nitrogen and oxygen atoms in total. The first kappa shape index (κ1) is 14.5. The van der Waals surface area contributed by atoms with E-state index in [0.717, 1.165) is 25.8 Å². The third-order valence-electron chi connectivity index (χ3n) is 2.97. The molecule has 100 valence electrons. The summed E-state index contributed by atoms with van der Waals surface area (Å²) in [5.41, 5.74) is 6.80. The van der Waals surface area contributed by atoms with Crippen molar-refractivity contribution in [2.45, 2.75) is 46.1 Å². The van der Waals surface area contributed by atoms with Crippen molar-refractivity contribution < 1.29 is 4.79 Å². The Morgan fingerprint density at radius 2 is 2.17 bits per heavy atom. The monoisotopic (exact) mass is 249 g/mol. The van der Waals surface area contributed by atoms with Crippen molar-refractivity contribution >= 4 is 11.6 Å². The lowest BCUT2D eigenvalue weighted by Crippen LogP contribution is -2.38. The summed E-state index contributed by atoms with van der Waals surface area (Å²) in [6, 6.07) is 1.87. The highest BCUT2D eigenvalue weighted by Gasteiger charge is 2.19. The molecule has 0 spiro atoms. The molecule has 0 fully saturated rings. The van der Waals surface area contributed by atoms with Crippen molar-refractivity contribution in [2.75, 3.05) is 12.3 Å². The van der Waals surface area contributed by atoms with Crippen LogP contribution in [0.3, 0.4) is 0 Å². The van der Waals surface area contributed by atoms with E-state index < -0.39 is 0 Å². The number of hydrogen-bond acceptors (Lipinski definition) is 3. The smallest absolute Gasteiger partial charge is 0.256 e. The molecule has 0 aliphatic rings. The van der Waals surface area contributed by atoms with E-state index in [2.05, 4.69) is 11.9 Å². The maximum absolute atomic E-state index is 12.4. The predicted molar refractivity (Wildman–Crippen MR) is 74.3 cm³/mol. The Bertz CT molecular complexity index is 390. The second kappa shape index (κ2) is 6.99. The summed E-state index contributed by atoms with van der Waals surface area (Å²) >= 11 is 0. The Kier molecular flexibility index (Phi) is 5.62. The molecule has 0 aliphatic heterocycles. The summed E-state index contributed by atoms with van der Waals surface area (Å²) in [4.78, 5) is 18.2. The van der Waals surface area contributed by atoms with Crippen LogP contribution < -0.4 is 5.73 Å². The first-order valence-corrected chi connectivity index (χ1v) is 6.58. The Labute approximate surface area is 109 Å². The van der Waals surface area contributed by atoms with E-state index in [1.807, 2.05) is 18.7 Å². The van der Waals surface area contributed by atoms with Crippen molar-refractivity contribution in [3.8, 4) is 0 Å². The van der Waals surface area contributed by atoms with Crippen molar-refractivity contribution in [1.82, 2.24) is 9.88 Å². The molecule has 0 aliphatic carbocycles. The summed E-state index contributed by atoms with van der Waals surface area (Å²) in [5, 5.41) is 0. The number of hydrogen-bond donors (Lipinski definition) is 1. The van der Waals surface area contributed by atoms with Crippen LogP contribution in [-0.4, -0.2) is 28.4 Å². The Morgan fingerprint density at radius 3 is 2.72 bits per heavy atom. The molecule has 1 amide bonds. The molecule has 0 bridgehead atoms. The van der Waals surface area contributed by atoms with E-state index in [4.69, 9.17) is 5.73 Å². The number of amides is 1. The van der Waals surface area contributed by atoms with Gasteiger partial charge in [-0.2, -0.15) is 0 Å². The van der Waals surface area contributed by atoms with Gasteiger partial charge in [-0.1, -0.05) is 19.8 Å². The molecular formula is C14H23N3O. The number of nitrogens with two attached hydrogens (primary N) is 1. The standard InChI is InChI=1S/C14H23N3O/c1-4-5-6-9-17(11(2)3)14(18)12-7-8-16-10-13(12)15/h7-8,10-11H,4-6,9,15H2,1-3H3. The predicted octanol–water partition coefficient (Wildman–Crippen LogP) is 2.70. The van der Waals surface area contributed by atoms with Crippen LogP contribution in [0.25, 0.3) is 0 Å². The van der Waals surface area contributed by atoms with Gasteiger partial charge in [0.15, 0.2) is 0 Å². The summed E-state index contributed by atoms with van der Waals surface area (Å²) in [5.74, 6) is 0.000929. The normalized spacial score (nSPS) is 10.7. The van der Waals surface area contributed by atoms with E-state index in [1.165, 1.54) is 6.20 Å². The highest BCUT2D eigenvalue weighted by atomic mass is 16.2. The second-order valence-electron chi connectivity index (χ2n) is 4.76. The summed E-state index contributed by atoms with van der Waals surface area (Å²) in [7, 11) is 0. The quantitative estimate of drug-likeness (QED) is 0.789. The molecule has 1 aromatic heterocycles. The van der Waals surface area contributed by atoms with E-state index in [9.17, 15) is 4.79 Å². The SMILES string of the molecule is CCCCCN(C(=O)c1ccncc1N)C(C)C. The Morgan fingerprint density at radius 1 is 1.44 bits per heavy atom. The third kappa shape index (κ3) is 3.72. The zero-order chi connectivity index (χ0) is 13.5. The average molecular weight is 249 g/mol. The van der Waals surface area contributed by atoms with Crippen LogP contribution in [-0.2, 0) is 0 Å². The van der Waals surface area contributed by atoms with Crippen molar-refractivity contribution in [1.29, 1.82) is 0 Å². The number of aromatic nitrogens is 1. The zero-order valence-electron chi connectivity index (χ0n) is 11.5. The van der Waals surface area contributed by atoms with Gasteiger partial charge in [0.05, 0.1) is 17.4 Å². The maximum Gasteiger partial charge on any atom is 0.256 e. The number of pyridine rings is 1. The molecule has 0 saturated carbocycles. The van der Waals surface area contributed by atoms with Gasteiger partial charge < -0.3 is 10.6 Å². The van der Waals surface area contributed by atoms with Gasteiger partial charge in [0.1, 0.15) is 0 Å². The second-order valence-corrected chi connectivity index (χ2v) is 4.76. The minimum absolute atomic E-state index is 0.000929. The van der Waals surface area contributed by atoms with Gasteiger partial charge >= 0.3 is 0 Å². The van der Waals surface area contributed by atoms with Gasteiger partial charge in [-0.05, 0) is 26.3 Å². The van der Waals surface area contributed by atoms with Gasteiger partial charge in [-0.15, -0.1) is 0 Å². The van der Waals surface area contributed by atoms with Crippen LogP contribution in [0, 0.1) is 0 Å². The number of nitrogens with zero attached hydrogens (tertiary/aromatic N) is 2. The van der Waals surface area contributed by atoms with Crippen LogP contribution in [0.15, 0.2) is 18.5 Å². The number of anilines is 1. The molecule has 1 heterocycles. The number of unbranched alkanes of at least 4 members (excludes halogenated alkanes) is 2. The molecule has 18 heavy (non-hydrogen) atoms. The molecule has 0 atom stereocenters. The minimum atomic E-state index is 0.000929. The molecule has 2 N–H and O–H groups in total. The van der Waals surface area contributed by atoms with Crippen LogP contribution in [0.1, 0.15) is 50.4 Å². The molecule has 0 saturated heterocycles. The molecule has 0 radical (unpaired) electrons. The Balaban J connectivity index is 2.80. The first-order chi connectivity index (χ1) is 8.57. The van der Waals surface area contributed by atoms with Crippen LogP contribution >= 0.6 is 0 Å². The fourth-order valence-electron chi connectivity index (χ4n) is 1.88. The highest BCUT2D eigenvalue weighted by Crippen LogP contribution is 2.15. The molecule has 1 aromatic rings. The zero-order valence-corrected chi connectivity index (χ0v) is 11.5. The van der Waals surface area contributed by atoms with Crippen molar-refractivity contribution in [3.63, 3.8) is 0 Å². The fourth-order valence-corrected chi connectivity index (χ4v) is 1.88. The van der Waals surface area contributed by atoms with Gasteiger partial charge in [0.2, 0.25) is 0 Å². The molecule has 0 unspecified atom stereocenters. The summed E-state index contributed by atoms with van der Waals surface area (Å²) < 4.78 is 0. The van der Waals surface area contributed by atoms with Gasteiger partial charge in [-0.3, -0.25) is 9.78 Å². The average Bonchev–Trinajstić information content (AvgIpc) is 2.34. The largest absolute Gasteiger partial charge is 0.397 e. The van der Waals surface area contributed by atoms with Gasteiger partial charge in [0.25, 0.3) is 5.91 Å². The van der Waals surface area contributed by atoms with Gasteiger partial charge in [-0.25, -0.2) is 0 Å². The summed E-state index contributed by atoms with van der Waals surface area (Å²) in [6.07, 6.45) is 6.46. The first-order valence-electron chi connectivity index (χ1n) is 6.58. The van der Waals surface area contributed by atoms with Crippen LogP contribution in [0.2, 0.25) is 0 Å². The van der Waals surface area contributed by atoms with Crippen LogP contribution in [0.5, 0.6) is 0 Å². The lowest BCUT2D eigenvalue weighted by atomic mass is 10.1. The molecular weight excluding hydrogens is 226 g/mol. The van der Waals surface area contributed by atoms with Crippen LogP contribution in [0.4, 0.5) is 5.69 Å². The van der Waals surface area contributed by atoms with Gasteiger partial charge in [0, 0.05) is 18.8 Å². The van der Waals surface area contributed by atoms with Crippen molar-refractivity contribution in [3.05, 3.63) is 24.0 Å². The summed E-state index contributed by atoms with van der Waals surface area (Å²) in [6.45, 7) is 7.00. The topological polar surface area (TPSA) is 59.2 Å². The molecule has 0 aromatic carbocycles. The van der Waals surface area contributed by atoms with E-state index in [0.29, 0.717) is 11.3 Å². The number of carbonyl (C=O) groups excluding carboxylic acids is 1. The third-order valence-corrected chi connectivity index (χ3v) is 2.97. The molecule has 1 rings (SSSR count). The lowest BCUT2D eigenvalue weighted by molar-refractivity contribution is 0.0703. The highest BCUT2D eigenvalue weighted by molar-refractivity contribution is 5.99. The number of rotatable bonds is 6. The van der Waals surface area contributed by atoms with E-state index >= 15 is 0 Å². The molecule has 4 heteroatoms. The minimum Gasteiger partial charge on any atom is -0.397 e. The van der Waals surface area contributed by atoms with Crippen molar-refractivity contribution in [2.24, 2.45) is 0 Å². The number of nitrogen functional groups attached to an aromatic ring is 1.